The maximum atomic E-state index is 12.4. The van der Waals surface area contributed by atoms with Gasteiger partial charge in [-0.05, 0) is 11.5 Å². The first kappa shape index (κ1) is 16.8. The molecule has 0 aliphatic carbocycles. The van der Waals surface area contributed by atoms with E-state index in [1.54, 1.807) is 6.07 Å². The minimum absolute atomic E-state index is 0.00717. The Labute approximate surface area is 144 Å². The van der Waals surface area contributed by atoms with Crippen LogP contribution in [0.1, 0.15) is 0 Å². The largest absolute Gasteiger partial charge is 0.506 e. The van der Waals surface area contributed by atoms with E-state index in [2.05, 4.69) is 0 Å². The number of ether oxygens (including phenoxy) is 3. The first-order chi connectivity index (χ1) is 12.1. The second kappa shape index (κ2) is 6.82. The fraction of sp³-hybridized carbons (Fsp3) is 0.222. The van der Waals surface area contributed by atoms with Gasteiger partial charge >= 0.3 is 11.9 Å². The Morgan fingerprint density at radius 1 is 1.08 bits per heavy atom. The number of phenolic OH excluding ortho intramolecular Hbond substituents is 1. The second-order valence-corrected chi connectivity index (χ2v) is 5.37. The molecule has 1 aliphatic rings. The first-order valence-electron chi connectivity index (χ1n) is 7.54. The standard InChI is InChI=1S/C18H17NO6/c1-23-17(21)13-9-25-10-19(16(13)18(22)24-2)15-12-6-4-3-5-11(12)7-8-14(15)20/h3-8,20H,9-10H2,1-2H3. The summed E-state index contributed by atoms with van der Waals surface area (Å²) < 4.78 is 15.0. The Morgan fingerprint density at radius 2 is 1.80 bits per heavy atom. The summed E-state index contributed by atoms with van der Waals surface area (Å²) in [5.41, 5.74) is 0.389. The normalized spacial score (nSPS) is 14.6. The SMILES string of the molecule is COC(=O)C1=C(C(=O)OC)N(c2c(O)ccc3ccccc23)COC1. The highest BCUT2D eigenvalue weighted by Crippen LogP contribution is 2.39. The van der Waals surface area contributed by atoms with E-state index in [4.69, 9.17) is 14.2 Å². The third-order valence-electron chi connectivity index (χ3n) is 3.98. The molecule has 1 N–H and O–H groups in total. The molecule has 1 heterocycles. The fourth-order valence-corrected chi connectivity index (χ4v) is 2.85. The lowest BCUT2D eigenvalue weighted by molar-refractivity contribution is -0.140. The van der Waals surface area contributed by atoms with Gasteiger partial charge in [0, 0.05) is 5.39 Å². The summed E-state index contributed by atoms with van der Waals surface area (Å²) in [4.78, 5) is 25.9. The molecule has 0 saturated heterocycles. The van der Waals surface area contributed by atoms with Gasteiger partial charge in [0.2, 0.25) is 0 Å². The number of hydrogen-bond acceptors (Lipinski definition) is 7. The average molecular weight is 343 g/mol. The van der Waals surface area contributed by atoms with E-state index in [-0.39, 0.29) is 30.4 Å². The van der Waals surface area contributed by atoms with Crippen LogP contribution < -0.4 is 4.90 Å². The number of anilines is 1. The zero-order valence-corrected chi connectivity index (χ0v) is 13.8. The van der Waals surface area contributed by atoms with E-state index in [1.807, 2.05) is 24.3 Å². The Hall–Kier alpha value is -3.06. The molecule has 0 bridgehead atoms. The van der Waals surface area contributed by atoms with Gasteiger partial charge in [-0.15, -0.1) is 0 Å². The van der Waals surface area contributed by atoms with Gasteiger partial charge in [-0.1, -0.05) is 30.3 Å². The molecule has 0 amide bonds. The molecule has 2 aromatic carbocycles. The summed E-state index contributed by atoms with van der Waals surface area (Å²) in [7, 11) is 2.44. The van der Waals surface area contributed by atoms with Gasteiger partial charge in [0.1, 0.15) is 18.2 Å². The zero-order valence-electron chi connectivity index (χ0n) is 13.8. The summed E-state index contributed by atoms with van der Waals surface area (Å²) in [5, 5.41) is 12.0. The van der Waals surface area contributed by atoms with E-state index in [1.165, 1.54) is 25.2 Å². The highest BCUT2D eigenvalue weighted by atomic mass is 16.5. The van der Waals surface area contributed by atoms with E-state index < -0.39 is 11.9 Å². The Balaban J connectivity index is 2.26. The van der Waals surface area contributed by atoms with Crippen molar-refractivity contribution in [1.82, 2.24) is 0 Å². The van der Waals surface area contributed by atoms with E-state index in [0.29, 0.717) is 11.1 Å². The lowest BCUT2D eigenvalue weighted by atomic mass is 10.1. The van der Waals surface area contributed by atoms with Crippen molar-refractivity contribution >= 4 is 28.4 Å². The second-order valence-electron chi connectivity index (χ2n) is 5.37. The van der Waals surface area contributed by atoms with Gasteiger partial charge in [0.05, 0.1) is 32.1 Å². The van der Waals surface area contributed by atoms with Crippen LogP contribution in [0.3, 0.4) is 0 Å². The predicted octanol–water partition coefficient (Wildman–Crippen LogP) is 1.94. The van der Waals surface area contributed by atoms with Crippen molar-refractivity contribution in [2.45, 2.75) is 0 Å². The molecule has 130 valence electrons. The lowest BCUT2D eigenvalue weighted by Crippen LogP contribution is -2.38. The van der Waals surface area contributed by atoms with Crippen molar-refractivity contribution in [2.24, 2.45) is 0 Å². The van der Waals surface area contributed by atoms with Crippen LogP contribution in [0.2, 0.25) is 0 Å². The van der Waals surface area contributed by atoms with Gasteiger partial charge in [-0.2, -0.15) is 0 Å². The number of rotatable bonds is 3. The molecule has 0 atom stereocenters. The van der Waals surface area contributed by atoms with Crippen LogP contribution in [-0.2, 0) is 23.8 Å². The molecule has 1 aliphatic heterocycles. The molecule has 0 radical (unpaired) electrons. The van der Waals surface area contributed by atoms with E-state index in [0.717, 1.165) is 5.39 Å². The number of carbonyl (C=O) groups is 2. The molecule has 0 fully saturated rings. The van der Waals surface area contributed by atoms with Crippen molar-refractivity contribution in [3.63, 3.8) is 0 Å². The Bertz CT molecular complexity index is 873. The molecule has 0 unspecified atom stereocenters. The number of phenols is 1. The molecule has 7 heteroatoms. The van der Waals surface area contributed by atoms with Gasteiger partial charge < -0.3 is 24.2 Å². The van der Waals surface area contributed by atoms with Crippen LogP contribution >= 0.6 is 0 Å². The highest BCUT2D eigenvalue weighted by molar-refractivity contribution is 6.07. The number of nitrogens with zero attached hydrogens (tertiary/aromatic N) is 1. The highest BCUT2D eigenvalue weighted by Gasteiger charge is 2.34. The van der Waals surface area contributed by atoms with Gasteiger partial charge in [-0.3, -0.25) is 0 Å². The maximum Gasteiger partial charge on any atom is 0.355 e. The predicted molar refractivity (Wildman–Crippen MR) is 90.0 cm³/mol. The summed E-state index contributed by atoms with van der Waals surface area (Å²) in [5.74, 6) is -1.45. The van der Waals surface area contributed by atoms with Gasteiger partial charge in [0.25, 0.3) is 0 Å². The molecule has 0 aromatic heterocycles. The number of benzene rings is 2. The minimum atomic E-state index is -0.712. The van der Waals surface area contributed by atoms with Crippen molar-refractivity contribution in [3.8, 4) is 5.75 Å². The van der Waals surface area contributed by atoms with Gasteiger partial charge in [-0.25, -0.2) is 9.59 Å². The molecule has 0 spiro atoms. The number of hydrogen-bond donors (Lipinski definition) is 1. The Kier molecular flexibility index (Phi) is 4.58. The fourth-order valence-electron chi connectivity index (χ4n) is 2.85. The van der Waals surface area contributed by atoms with Gasteiger partial charge in [0.15, 0.2) is 0 Å². The van der Waals surface area contributed by atoms with Crippen LogP contribution in [0, 0.1) is 0 Å². The molecule has 25 heavy (non-hydrogen) atoms. The lowest BCUT2D eigenvalue weighted by Gasteiger charge is -2.32. The minimum Gasteiger partial charge on any atom is -0.506 e. The van der Waals surface area contributed by atoms with E-state index in [9.17, 15) is 14.7 Å². The molecule has 0 saturated carbocycles. The molecule has 7 nitrogen and oxygen atoms in total. The van der Waals surface area contributed by atoms with Crippen molar-refractivity contribution < 1.29 is 28.9 Å². The average Bonchev–Trinajstić information content (AvgIpc) is 2.66. The van der Waals surface area contributed by atoms with Crippen LogP contribution in [0.15, 0.2) is 47.7 Å². The van der Waals surface area contributed by atoms with Crippen LogP contribution in [-0.4, -0.2) is 44.6 Å². The number of carbonyl (C=O) groups excluding carboxylic acids is 2. The third-order valence-corrected chi connectivity index (χ3v) is 3.98. The maximum absolute atomic E-state index is 12.4. The summed E-state index contributed by atoms with van der Waals surface area (Å²) in [6.07, 6.45) is 0. The van der Waals surface area contributed by atoms with Crippen LogP contribution in [0.25, 0.3) is 10.8 Å². The number of esters is 2. The zero-order chi connectivity index (χ0) is 18.0. The van der Waals surface area contributed by atoms with Crippen molar-refractivity contribution in [1.29, 1.82) is 0 Å². The van der Waals surface area contributed by atoms with E-state index >= 15 is 0 Å². The third kappa shape index (κ3) is 2.89. The molecular weight excluding hydrogens is 326 g/mol. The first-order valence-corrected chi connectivity index (χ1v) is 7.54. The van der Waals surface area contributed by atoms with Crippen molar-refractivity contribution in [2.75, 3.05) is 32.5 Å². The molecule has 2 aromatic rings. The van der Waals surface area contributed by atoms with Crippen molar-refractivity contribution in [3.05, 3.63) is 47.7 Å². The Morgan fingerprint density at radius 3 is 2.52 bits per heavy atom. The topological polar surface area (TPSA) is 85.3 Å². The van der Waals surface area contributed by atoms with Crippen LogP contribution in [0.4, 0.5) is 5.69 Å². The number of methoxy groups -OCH3 is 2. The summed E-state index contributed by atoms with van der Waals surface area (Å²) in [6.45, 7) is -0.106. The number of aromatic hydroxyl groups is 1. The quantitative estimate of drug-likeness (QED) is 0.853. The number of fused-ring (bicyclic) bond motifs is 1. The monoisotopic (exact) mass is 343 g/mol. The van der Waals surface area contributed by atoms with Crippen LogP contribution in [0.5, 0.6) is 5.75 Å². The summed E-state index contributed by atoms with van der Waals surface area (Å²) in [6, 6.07) is 10.7. The molecule has 3 rings (SSSR count). The smallest absolute Gasteiger partial charge is 0.355 e. The molecular formula is C18H17NO6. The summed E-state index contributed by atoms with van der Waals surface area (Å²) >= 11 is 0.